The van der Waals surface area contributed by atoms with Crippen molar-refractivity contribution >= 4 is 11.5 Å². The second-order valence-corrected chi connectivity index (χ2v) is 5.49. The van der Waals surface area contributed by atoms with Gasteiger partial charge in [-0.2, -0.15) is 0 Å². The SMILES string of the molecule is CCC(=O)c1ccc(NCC2(O)CCCCC2)cc1. The highest BCUT2D eigenvalue weighted by Crippen LogP contribution is 2.28. The molecule has 0 amide bonds. The van der Waals surface area contributed by atoms with Crippen LogP contribution in [0, 0.1) is 0 Å². The summed E-state index contributed by atoms with van der Waals surface area (Å²) in [5, 5.41) is 13.7. The molecule has 19 heavy (non-hydrogen) atoms. The van der Waals surface area contributed by atoms with Crippen molar-refractivity contribution in [2.24, 2.45) is 0 Å². The van der Waals surface area contributed by atoms with Crippen LogP contribution in [0.2, 0.25) is 0 Å². The molecule has 0 aliphatic heterocycles. The van der Waals surface area contributed by atoms with Crippen molar-refractivity contribution in [1.29, 1.82) is 0 Å². The van der Waals surface area contributed by atoms with Crippen molar-refractivity contribution in [2.45, 2.75) is 51.0 Å². The van der Waals surface area contributed by atoms with Gasteiger partial charge in [0.2, 0.25) is 0 Å². The fourth-order valence-electron chi connectivity index (χ4n) is 2.63. The highest BCUT2D eigenvalue weighted by molar-refractivity contribution is 5.96. The Morgan fingerprint density at radius 2 is 1.84 bits per heavy atom. The van der Waals surface area contributed by atoms with E-state index in [1.807, 2.05) is 31.2 Å². The summed E-state index contributed by atoms with van der Waals surface area (Å²) in [6.45, 7) is 2.46. The van der Waals surface area contributed by atoms with E-state index in [1.165, 1.54) is 6.42 Å². The Bertz CT molecular complexity index is 419. The molecule has 2 rings (SSSR count). The van der Waals surface area contributed by atoms with Crippen molar-refractivity contribution in [2.75, 3.05) is 11.9 Å². The van der Waals surface area contributed by atoms with Gasteiger partial charge in [0, 0.05) is 24.2 Å². The van der Waals surface area contributed by atoms with Crippen molar-refractivity contribution in [3.63, 3.8) is 0 Å². The molecule has 0 spiro atoms. The summed E-state index contributed by atoms with van der Waals surface area (Å²) in [4.78, 5) is 11.5. The monoisotopic (exact) mass is 261 g/mol. The molecule has 1 aromatic carbocycles. The number of Topliss-reactive ketones (excluding diaryl/α,β-unsaturated/α-hetero) is 1. The molecule has 0 radical (unpaired) electrons. The van der Waals surface area contributed by atoms with Crippen LogP contribution in [0.3, 0.4) is 0 Å². The van der Waals surface area contributed by atoms with Gasteiger partial charge in [-0.05, 0) is 37.1 Å². The van der Waals surface area contributed by atoms with Gasteiger partial charge in [-0.25, -0.2) is 0 Å². The Balaban J connectivity index is 1.91. The minimum absolute atomic E-state index is 0.164. The quantitative estimate of drug-likeness (QED) is 0.799. The average Bonchev–Trinajstić information content (AvgIpc) is 2.46. The lowest BCUT2D eigenvalue weighted by Gasteiger charge is -2.32. The summed E-state index contributed by atoms with van der Waals surface area (Å²) in [7, 11) is 0. The van der Waals surface area contributed by atoms with Crippen LogP contribution in [0.4, 0.5) is 5.69 Å². The number of anilines is 1. The smallest absolute Gasteiger partial charge is 0.162 e. The lowest BCUT2D eigenvalue weighted by atomic mass is 9.85. The van der Waals surface area contributed by atoms with Crippen LogP contribution in [0.1, 0.15) is 55.8 Å². The van der Waals surface area contributed by atoms with Gasteiger partial charge >= 0.3 is 0 Å². The molecule has 1 saturated carbocycles. The molecule has 0 aromatic heterocycles. The maximum Gasteiger partial charge on any atom is 0.162 e. The molecular weight excluding hydrogens is 238 g/mol. The third kappa shape index (κ3) is 3.80. The molecule has 0 unspecified atom stereocenters. The number of aliphatic hydroxyl groups is 1. The van der Waals surface area contributed by atoms with E-state index >= 15 is 0 Å². The van der Waals surface area contributed by atoms with E-state index in [-0.39, 0.29) is 5.78 Å². The van der Waals surface area contributed by atoms with Gasteiger partial charge in [-0.15, -0.1) is 0 Å². The van der Waals surface area contributed by atoms with Gasteiger partial charge in [-0.1, -0.05) is 26.2 Å². The molecule has 1 fully saturated rings. The number of hydrogen-bond acceptors (Lipinski definition) is 3. The number of rotatable bonds is 5. The number of benzene rings is 1. The third-order valence-electron chi connectivity index (χ3n) is 3.93. The molecular formula is C16H23NO2. The first kappa shape index (κ1) is 14.1. The summed E-state index contributed by atoms with van der Waals surface area (Å²) >= 11 is 0. The van der Waals surface area contributed by atoms with Crippen molar-refractivity contribution in [3.05, 3.63) is 29.8 Å². The van der Waals surface area contributed by atoms with E-state index in [0.29, 0.717) is 13.0 Å². The van der Waals surface area contributed by atoms with Crippen LogP contribution >= 0.6 is 0 Å². The minimum Gasteiger partial charge on any atom is -0.388 e. The highest BCUT2D eigenvalue weighted by atomic mass is 16.3. The molecule has 1 aliphatic carbocycles. The Hall–Kier alpha value is -1.35. The molecule has 104 valence electrons. The van der Waals surface area contributed by atoms with Crippen molar-refractivity contribution < 1.29 is 9.90 Å². The first-order chi connectivity index (χ1) is 9.13. The number of hydrogen-bond donors (Lipinski definition) is 2. The van der Waals surface area contributed by atoms with E-state index in [1.54, 1.807) is 0 Å². The Morgan fingerprint density at radius 3 is 2.42 bits per heavy atom. The predicted molar refractivity (Wildman–Crippen MR) is 77.6 cm³/mol. The zero-order valence-electron chi connectivity index (χ0n) is 11.6. The van der Waals surface area contributed by atoms with Crippen LogP contribution in [0.25, 0.3) is 0 Å². The summed E-state index contributed by atoms with van der Waals surface area (Å²) in [5.74, 6) is 0.164. The fourth-order valence-corrected chi connectivity index (χ4v) is 2.63. The molecule has 0 bridgehead atoms. The predicted octanol–water partition coefficient (Wildman–Crippen LogP) is 3.39. The first-order valence-corrected chi connectivity index (χ1v) is 7.22. The van der Waals surface area contributed by atoms with Gasteiger partial charge in [0.1, 0.15) is 0 Å². The fraction of sp³-hybridized carbons (Fsp3) is 0.562. The summed E-state index contributed by atoms with van der Waals surface area (Å²) < 4.78 is 0. The van der Waals surface area contributed by atoms with E-state index in [9.17, 15) is 9.90 Å². The molecule has 3 nitrogen and oxygen atoms in total. The van der Waals surface area contributed by atoms with Crippen LogP contribution in [-0.4, -0.2) is 23.0 Å². The van der Waals surface area contributed by atoms with Crippen molar-refractivity contribution in [1.82, 2.24) is 0 Å². The molecule has 0 atom stereocenters. The lowest BCUT2D eigenvalue weighted by Crippen LogP contribution is -2.38. The third-order valence-corrected chi connectivity index (χ3v) is 3.93. The van der Waals surface area contributed by atoms with Gasteiger partial charge < -0.3 is 10.4 Å². The summed E-state index contributed by atoms with van der Waals surface area (Å²) in [6, 6.07) is 7.52. The van der Waals surface area contributed by atoms with Gasteiger partial charge in [0.25, 0.3) is 0 Å². The summed E-state index contributed by atoms with van der Waals surface area (Å²) in [6.07, 6.45) is 5.76. The Kier molecular flexibility index (Phi) is 4.59. The number of carbonyl (C=O) groups is 1. The van der Waals surface area contributed by atoms with Gasteiger partial charge in [0.15, 0.2) is 5.78 Å². The second kappa shape index (κ2) is 6.20. The standard InChI is InChI=1S/C16H23NO2/c1-2-15(18)13-6-8-14(9-7-13)17-12-16(19)10-4-3-5-11-16/h6-9,17,19H,2-5,10-12H2,1H3. The summed E-state index contributed by atoms with van der Waals surface area (Å²) in [5.41, 5.74) is 1.16. The molecule has 2 N–H and O–H groups in total. The highest BCUT2D eigenvalue weighted by Gasteiger charge is 2.28. The van der Waals surface area contributed by atoms with Crippen molar-refractivity contribution in [3.8, 4) is 0 Å². The van der Waals surface area contributed by atoms with E-state index in [2.05, 4.69) is 5.32 Å². The Labute approximate surface area is 115 Å². The lowest BCUT2D eigenvalue weighted by molar-refractivity contribution is 0.0167. The largest absolute Gasteiger partial charge is 0.388 e. The second-order valence-electron chi connectivity index (χ2n) is 5.49. The molecule has 1 aliphatic rings. The van der Waals surface area contributed by atoms with Crippen LogP contribution in [-0.2, 0) is 0 Å². The maximum absolute atomic E-state index is 11.5. The molecule has 0 heterocycles. The van der Waals surface area contributed by atoms with Crippen LogP contribution in [0.5, 0.6) is 0 Å². The topological polar surface area (TPSA) is 49.3 Å². The van der Waals surface area contributed by atoms with E-state index < -0.39 is 5.60 Å². The van der Waals surface area contributed by atoms with Crippen LogP contribution < -0.4 is 5.32 Å². The zero-order valence-corrected chi connectivity index (χ0v) is 11.6. The van der Waals surface area contributed by atoms with Gasteiger partial charge in [0.05, 0.1) is 5.60 Å². The van der Waals surface area contributed by atoms with Gasteiger partial charge in [-0.3, -0.25) is 4.79 Å². The normalized spacial score (nSPS) is 18.0. The van der Waals surface area contributed by atoms with E-state index in [0.717, 1.165) is 36.9 Å². The average molecular weight is 261 g/mol. The number of nitrogens with one attached hydrogen (secondary N) is 1. The van der Waals surface area contributed by atoms with E-state index in [4.69, 9.17) is 0 Å². The molecule has 3 heteroatoms. The molecule has 0 saturated heterocycles. The number of carbonyl (C=O) groups excluding carboxylic acids is 1. The molecule has 1 aromatic rings. The van der Waals surface area contributed by atoms with Crippen LogP contribution in [0.15, 0.2) is 24.3 Å². The number of ketones is 1. The minimum atomic E-state index is -0.559. The maximum atomic E-state index is 11.5. The first-order valence-electron chi connectivity index (χ1n) is 7.22. The zero-order chi connectivity index (χ0) is 13.7. The Morgan fingerprint density at radius 1 is 1.21 bits per heavy atom.